The molecule has 4 aromatic rings. The number of rotatable bonds is 4. The third-order valence-electron chi connectivity index (χ3n) is 3.85. The average Bonchev–Trinajstić information content (AvgIpc) is 3.33. The van der Waals surface area contributed by atoms with E-state index in [-0.39, 0.29) is 28.9 Å². The fraction of sp³-hybridized carbons (Fsp3) is 0.0556. The quantitative estimate of drug-likeness (QED) is 0.501. The van der Waals surface area contributed by atoms with Gasteiger partial charge >= 0.3 is 0 Å². The Kier molecular flexibility index (Phi) is 4.36. The molecule has 4 rings (SSSR count). The molecule has 0 saturated heterocycles. The summed E-state index contributed by atoms with van der Waals surface area (Å²) in [6, 6.07) is 11.7. The molecule has 3 heterocycles. The van der Waals surface area contributed by atoms with Crippen molar-refractivity contribution in [2.75, 3.05) is 0 Å². The first-order chi connectivity index (χ1) is 13.2. The summed E-state index contributed by atoms with van der Waals surface area (Å²) in [5.74, 6) is -0.0886. The van der Waals surface area contributed by atoms with Gasteiger partial charge in [0.2, 0.25) is 0 Å². The molecule has 0 unspecified atom stereocenters. The van der Waals surface area contributed by atoms with Gasteiger partial charge in [0.05, 0.1) is 18.4 Å². The van der Waals surface area contributed by atoms with Crippen molar-refractivity contribution in [3.63, 3.8) is 0 Å². The van der Waals surface area contributed by atoms with Crippen molar-refractivity contribution in [2.24, 2.45) is 0 Å². The molecule has 9 heteroatoms. The molecule has 0 aliphatic heterocycles. The highest BCUT2D eigenvalue weighted by molar-refractivity contribution is 6.30. The van der Waals surface area contributed by atoms with Crippen LogP contribution < -0.4 is 0 Å². The van der Waals surface area contributed by atoms with Crippen LogP contribution in [0.3, 0.4) is 0 Å². The van der Waals surface area contributed by atoms with Crippen LogP contribution in [-0.2, 0) is 6.54 Å². The summed E-state index contributed by atoms with van der Waals surface area (Å²) in [5, 5.41) is 17.4. The van der Waals surface area contributed by atoms with Gasteiger partial charge in [-0.05, 0) is 12.1 Å². The Bertz CT molecular complexity index is 1150. The molecule has 0 aliphatic rings. The van der Waals surface area contributed by atoms with Crippen molar-refractivity contribution < 1.29 is 8.91 Å². The number of aromatic nitrogens is 5. The SMILES string of the molecule is N#Cc1cnc(-c2cc(-c3ccon3)n(Cc3ccccc3F)n2)nc1Cl. The van der Waals surface area contributed by atoms with Gasteiger partial charge in [-0.15, -0.1) is 0 Å². The highest BCUT2D eigenvalue weighted by atomic mass is 35.5. The first-order valence-electron chi connectivity index (χ1n) is 7.80. The molecule has 0 radical (unpaired) electrons. The maximum absolute atomic E-state index is 14.1. The maximum Gasteiger partial charge on any atom is 0.181 e. The number of nitriles is 1. The van der Waals surface area contributed by atoms with Crippen molar-refractivity contribution >= 4 is 11.6 Å². The number of hydrogen-bond acceptors (Lipinski definition) is 6. The van der Waals surface area contributed by atoms with Crippen LogP contribution in [0, 0.1) is 17.1 Å². The molecule has 7 nitrogen and oxygen atoms in total. The second-order valence-corrected chi connectivity index (χ2v) is 5.92. The zero-order valence-corrected chi connectivity index (χ0v) is 14.4. The van der Waals surface area contributed by atoms with Crippen LogP contribution in [0.2, 0.25) is 5.15 Å². The summed E-state index contributed by atoms with van der Waals surface area (Å²) < 4.78 is 20.6. The first kappa shape index (κ1) is 16.9. The van der Waals surface area contributed by atoms with E-state index in [0.717, 1.165) is 0 Å². The zero-order chi connectivity index (χ0) is 18.8. The molecular formula is C18H10ClFN6O. The fourth-order valence-electron chi connectivity index (χ4n) is 2.54. The molecule has 132 valence electrons. The molecule has 0 fully saturated rings. The number of hydrogen-bond donors (Lipinski definition) is 0. The van der Waals surface area contributed by atoms with Crippen molar-refractivity contribution in [2.45, 2.75) is 6.54 Å². The van der Waals surface area contributed by atoms with Gasteiger partial charge in [-0.2, -0.15) is 10.4 Å². The molecule has 0 amide bonds. The predicted molar refractivity (Wildman–Crippen MR) is 94.0 cm³/mol. The summed E-state index contributed by atoms with van der Waals surface area (Å²) in [6.45, 7) is 0.179. The van der Waals surface area contributed by atoms with Crippen molar-refractivity contribution in [1.29, 1.82) is 5.26 Å². The Morgan fingerprint density at radius 1 is 1.22 bits per heavy atom. The summed E-state index contributed by atoms with van der Waals surface area (Å²) in [5.41, 5.74) is 2.19. The fourth-order valence-corrected chi connectivity index (χ4v) is 2.72. The van der Waals surface area contributed by atoms with Gasteiger partial charge in [0, 0.05) is 11.6 Å². The molecule has 0 aliphatic carbocycles. The molecule has 3 aromatic heterocycles. The molecule has 0 spiro atoms. The third-order valence-corrected chi connectivity index (χ3v) is 4.14. The summed E-state index contributed by atoms with van der Waals surface area (Å²) >= 11 is 5.99. The van der Waals surface area contributed by atoms with Gasteiger partial charge in [0.15, 0.2) is 11.0 Å². The van der Waals surface area contributed by atoms with Gasteiger partial charge in [0.25, 0.3) is 0 Å². The van der Waals surface area contributed by atoms with E-state index in [1.54, 1.807) is 35.0 Å². The Morgan fingerprint density at radius 3 is 2.78 bits per heavy atom. The number of benzene rings is 1. The maximum atomic E-state index is 14.1. The highest BCUT2D eigenvalue weighted by Crippen LogP contribution is 2.25. The number of nitrogens with zero attached hydrogens (tertiary/aromatic N) is 6. The van der Waals surface area contributed by atoms with E-state index in [0.29, 0.717) is 22.6 Å². The molecule has 1 aromatic carbocycles. The predicted octanol–water partition coefficient (Wildman–Crippen LogP) is 3.71. The minimum Gasteiger partial charge on any atom is -0.364 e. The van der Waals surface area contributed by atoms with Crippen molar-refractivity contribution in [3.05, 3.63) is 71.0 Å². The van der Waals surface area contributed by atoms with E-state index >= 15 is 0 Å². The van der Waals surface area contributed by atoms with Gasteiger partial charge in [-0.1, -0.05) is 35.0 Å². The van der Waals surface area contributed by atoms with Crippen LogP contribution in [0.1, 0.15) is 11.1 Å². The van der Waals surface area contributed by atoms with E-state index < -0.39 is 0 Å². The Labute approximate surface area is 157 Å². The standard InChI is InChI=1S/C18H10ClFN6O/c19-17-12(8-21)9-22-18(23-17)15-7-16(14-5-6-27-25-14)26(24-15)10-11-3-1-2-4-13(11)20/h1-7,9H,10H2. The highest BCUT2D eigenvalue weighted by Gasteiger charge is 2.17. The van der Waals surface area contributed by atoms with E-state index in [4.69, 9.17) is 21.4 Å². The zero-order valence-electron chi connectivity index (χ0n) is 13.7. The smallest absolute Gasteiger partial charge is 0.181 e. The minimum atomic E-state index is -0.335. The number of halogens is 2. The van der Waals surface area contributed by atoms with Gasteiger partial charge < -0.3 is 4.52 Å². The first-order valence-corrected chi connectivity index (χ1v) is 8.18. The second-order valence-electron chi connectivity index (χ2n) is 5.56. The lowest BCUT2D eigenvalue weighted by atomic mass is 10.2. The van der Waals surface area contributed by atoms with Crippen LogP contribution in [-0.4, -0.2) is 24.9 Å². The molecule has 27 heavy (non-hydrogen) atoms. The van der Waals surface area contributed by atoms with Gasteiger partial charge in [-0.25, -0.2) is 14.4 Å². The van der Waals surface area contributed by atoms with E-state index in [1.807, 2.05) is 6.07 Å². The minimum absolute atomic E-state index is 0.0362. The Balaban J connectivity index is 1.80. The van der Waals surface area contributed by atoms with E-state index in [9.17, 15) is 4.39 Å². The summed E-state index contributed by atoms with van der Waals surface area (Å²) in [6.07, 6.45) is 2.76. The Morgan fingerprint density at radius 2 is 2.07 bits per heavy atom. The third kappa shape index (κ3) is 3.28. The summed E-state index contributed by atoms with van der Waals surface area (Å²) in [4.78, 5) is 8.24. The van der Waals surface area contributed by atoms with Gasteiger partial charge in [0.1, 0.15) is 35.1 Å². The summed E-state index contributed by atoms with van der Waals surface area (Å²) in [7, 11) is 0. The van der Waals surface area contributed by atoms with E-state index in [1.165, 1.54) is 18.5 Å². The molecular weight excluding hydrogens is 371 g/mol. The van der Waals surface area contributed by atoms with Crippen LogP contribution in [0.4, 0.5) is 4.39 Å². The largest absolute Gasteiger partial charge is 0.364 e. The van der Waals surface area contributed by atoms with Crippen LogP contribution in [0.15, 0.2) is 53.4 Å². The topological polar surface area (TPSA) is 93.4 Å². The lowest BCUT2D eigenvalue weighted by Gasteiger charge is -2.06. The van der Waals surface area contributed by atoms with Crippen LogP contribution >= 0.6 is 11.6 Å². The molecule has 0 N–H and O–H groups in total. The van der Waals surface area contributed by atoms with E-state index in [2.05, 4.69) is 20.2 Å². The lowest BCUT2D eigenvalue weighted by molar-refractivity contribution is 0.421. The average molecular weight is 381 g/mol. The molecule has 0 atom stereocenters. The lowest BCUT2D eigenvalue weighted by Crippen LogP contribution is -2.06. The van der Waals surface area contributed by atoms with Crippen LogP contribution in [0.5, 0.6) is 0 Å². The molecule has 0 saturated carbocycles. The van der Waals surface area contributed by atoms with Crippen molar-refractivity contribution in [3.8, 4) is 29.0 Å². The second kappa shape index (κ2) is 6.97. The van der Waals surface area contributed by atoms with Crippen LogP contribution in [0.25, 0.3) is 22.9 Å². The Hall–Kier alpha value is -3.57. The monoisotopic (exact) mass is 380 g/mol. The van der Waals surface area contributed by atoms with Gasteiger partial charge in [-0.3, -0.25) is 4.68 Å². The van der Waals surface area contributed by atoms with Crippen molar-refractivity contribution in [1.82, 2.24) is 24.9 Å². The normalized spacial score (nSPS) is 10.7. The molecule has 0 bridgehead atoms.